The average molecular weight is 408 g/mol. The Morgan fingerprint density at radius 1 is 1.00 bits per heavy atom. The Bertz CT molecular complexity index is 866. The van der Waals surface area contributed by atoms with Crippen LogP contribution in [-0.4, -0.2) is 61.4 Å². The smallest absolute Gasteiger partial charge is 0.248 e. The van der Waals surface area contributed by atoms with Crippen LogP contribution in [0.2, 0.25) is 0 Å². The molecule has 1 unspecified atom stereocenters. The molecule has 2 amide bonds. The molecule has 2 heterocycles. The molecular weight excluding hydrogens is 378 g/mol. The number of amides is 2. The summed E-state index contributed by atoms with van der Waals surface area (Å²) in [6.45, 7) is 4.11. The highest BCUT2D eigenvalue weighted by Crippen LogP contribution is 2.44. The van der Waals surface area contributed by atoms with Crippen molar-refractivity contribution >= 4 is 11.8 Å². The van der Waals surface area contributed by atoms with Crippen LogP contribution < -0.4 is 5.32 Å². The zero-order chi connectivity index (χ0) is 21.0. The summed E-state index contributed by atoms with van der Waals surface area (Å²) in [5, 5.41) is 2.82. The monoisotopic (exact) mass is 407 g/mol. The predicted octanol–water partition coefficient (Wildman–Crippen LogP) is 1.91. The molecule has 2 fully saturated rings. The Morgan fingerprint density at radius 2 is 1.63 bits per heavy atom. The van der Waals surface area contributed by atoms with Crippen molar-refractivity contribution in [2.75, 3.05) is 39.8 Å². The minimum Gasteiger partial charge on any atom is -0.367 e. The Balaban J connectivity index is 1.32. The van der Waals surface area contributed by atoms with Crippen LogP contribution in [0.3, 0.4) is 0 Å². The Hall–Kier alpha value is -2.70. The molecule has 0 aromatic heterocycles. The summed E-state index contributed by atoms with van der Waals surface area (Å²) in [6.07, 6.45) is 0. The van der Waals surface area contributed by atoms with Crippen LogP contribution in [0.1, 0.15) is 11.1 Å². The summed E-state index contributed by atoms with van der Waals surface area (Å²) in [4.78, 5) is 29.3. The molecule has 0 saturated carbocycles. The Kier molecular flexibility index (Phi) is 6.16. The third kappa shape index (κ3) is 4.40. The van der Waals surface area contributed by atoms with Gasteiger partial charge in [0.2, 0.25) is 11.8 Å². The SMILES string of the molecule is CNC(=O)C1CN(Cc2ccccc2)CC12CN(C(=O)COCc1ccccc1)C2. The normalized spacial score (nSPS) is 20.2. The van der Waals surface area contributed by atoms with Crippen molar-refractivity contribution in [1.82, 2.24) is 15.1 Å². The standard InChI is InChI=1S/C24H29N3O3/c1-25-23(29)21-13-26(12-19-8-4-2-5-9-19)16-24(21)17-27(18-24)22(28)15-30-14-20-10-6-3-7-11-20/h2-11,21H,12-18H2,1H3,(H,25,29). The molecule has 1 spiro atoms. The second-order valence-corrected chi connectivity index (χ2v) is 8.41. The minimum atomic E-state index is -0.163. The number of likely N-dealkylation sites (tertiary alicyclic amines) is 2. The molecule has 1 atom stereocenters. The summed E-state index contributed by atoms with van der Waals surface area (Å²) >= 11 is 0. The number of rotatable bonds is 7. The minimum absolute atomic E-state index is 0.00581. The van der Waals surface area contributed by atoms with Crippen LogP contribution in [0, 0.1) is 11.3 Å². The molecule has 1 N–H and O–H groups in total. The van der Waals surface area contributed by atoms with Crippen molar-refractivity contribution in [3.05, 3.63) is 71.8 Å². The average Bonchev–Trinajstić information content (AvgIpc) is 3.13. The van der Waals surface area contributed by atoms with Crippen LogP contribution in [0.25, 0.3) is 0 Å². The first-order chi connectivity index (χ1) is 14.6. The molecule has 2 saturated heterocycles. The quantitative estimate of drug-likeness (QED) is 0.762. The van der Waals surface area contributed by atoms with E-state index in [0.717, 1.165) is 25.2 Å². The van der Waals surface area contributed by atoms with Gasteiger partial charge in [0.1, 0.15) is 6.61 Å². The highest BCUT2D eigenvalue weighted by molar-refractivity contribution is 5.82. The van der Waals surface area contributed by atoms with Crippen molar-refractivity contribution < 1.29 is 14.3 Å². The molecular formula is C24H29N3O3. The molecule has 0 bridgehead atoms. The maximum Gasteiger partial charge on any atom is 0.248 e. The molecule has 0 aliphatic carbocycles. The summed E-state index contributed by atoms with van der Waals surface area (Å²) in [5.41, 5.74) is 2.13. The summed E-state index contributed by atoms with van der Waals surface area (Å²) < 4.78 is 5.60. The fourth-order valence-corrected chi connectivity index (χ4v) is 4.70. The van der Waals surface area contributed by atoms with Gasteiger partial charge < -0.3 is 15.0 Å². The van der Waals surface area contributed by atoms with Gasteiger partial charge in [-0.3, -0.25) is 14.5 Å². The molecule has 6 heteroatoms. The first-order valence-electron chi connectivity index (χ1n) is 10.5. The summed E-state index contributed by atoms with van der Waals surface area (Å²) in [6, 6.07) is 20.2. The molecule has 2 aliphatic rings. The maximum atomic E-state index is 12.6. The first kappa shape index (κ1) is 20.6. The van der Waals surface area contributed by atoms with Crippen LogP contribution >= 0.6 is 0 Å². The maximum absolute atomic E-state index is 12.6. The molecule has 158 valence electrons. The van der Waals surface area contributed by atoms with Gasteiger partial charge >= 0.3 is 0 Å². The number of nitrogens with zero attached hydrogens (tertiary/aromatic N) is 2. The number of nitrogens with one attached hydrogen (secondary N) is 1. The molecule has 0 radical (unpaired) electrons. The number of hydrogen-bond acceptors (Lipinski definition) is 4. The van der Waals surface area contributed by atoms with Gasteiger partial charge in [-0.15, -0.1) is 0 Å². The van der Waals surface area contributed by atoms with E-state index in [2.05, 4.69) is 22.3 Å². The fourth-order valence-electron chi connectivity index (χ4n) is 4.70. The van der Waals surface area contributed by atoms with E-state index in [1.807, 2.05) is 53.4 Å². The number of ether oxygens (including phenoxy) is 1. The van der Waals surface area contributed by atoms with Crippen molar-refractivity contribution in [2.45, 2.75) is 13.2 Å². The Morgan fingerprint density at radius 3 is 2.27 bits per heavy atom. The van der Waals surface area contributed by atoms with Gasteiger partial charge in [-0.05, 0) is 11.1 Å². The van der Waals surface area contributed by atoms with Gasteiger partial charge in [-0.25, -0.2) is 0 Å². The van der Waals surface area contributed by atoms with E-state index >= 15 is 0 Å². The molecule has 2 aromatic carbocycles. The second kappa shape index (κ2) is 8.98. The first-order valence-corrected chi connectivity index (χ1v) is 10.5. The number of benzene rings is 2. The van der Waals surface area contributed by atoms with Crippen LogP contribution in [0.15, 0.2) is 60.7 Å². The van der Waals surface area contributed by atoms with E-state index < -0.39 is 0 Å². The van der Waals surface area contributed by atoms with Gasteiger partial charge in [-0.1, -0.05) is 60.7 Å². The Labute approximate surface area is 177 Å². The number of carbonyl (C=O) groups excluding carboxylic acids is 2. The van der Waals surface area contributed by atoms with E-state index in [0.29, 0.717) is 19.7 Å². The van der Waals surface area contributed by atoms with E-state index in [1.54, 1.807) is 7.05 Å². The third-order valence-corrected chi connectivity index (χ3v) is 6.23. The van der Waals surface area contributed by atoms with Crippen molar-refractivity contribution in [3.63, 3.8) is 0 Å². The molecule has 2 aromatic rings. The lowest BCUT2D eigenvalue weighted by Crippen LogP contribution is -2.64. The lowest BCUT2D eigenvalue weighted by Gasteiger charge is -2.50. The number of hydrogen-bond donors (Lipinski definition) is 1. The lowest BCUT2D eigenvalue weighted by molar-refractivity contribution is -0.153. The van der Waals surface area contributed by atoms with Gasteiger partial charge in [-0.2, -0.15) is 0 Å². The van der Waals surface area contributed by atoms with E-state index in [1.165, 1.54) is 5.56 Å². The van der Waals surface area contributed by atoms with Gasteiger partial charge in [0.15, 0.2) is 0 Å². The van der Waals surface area contributed by atoms with Crippen molar-refractivity contribution in [2.24, 2.45) is 11.3 Å². The largest absolute Gasteiger partial charge is 0.367 e. The van der Waals surface area contributed by atoms with Gasteiger partial charge in [0.05, 0.1) is 12.5 Å². The van der Waals surface area contributed by atoms with E-state index in [-0.39, 0.29) is 29.8 Å². The summed E-state index contributed by atoms with van der Waals surface area (Å²) in [7, 11) is 1.69. The number of carbonyl (C=O) groups is 2. The van der Waals surface area contributed by atoms with Crippen molar-refractivity contribution in [1.29, 1.82) is 0 Å². The third-order valence-electron chi connectivity index (χ3n) is 6.23. The van der Waals surface area contributed by atoms with E-state index in [9.17, 15) is 9.59 Å². The fraction of sp³-hybridized carbons (Fsp3) is 0.417. The predicted molar refractivity (Wildman–Crippen MR) is 114 cm³/mol. The van der Waals surface area contributed by atoms with Gasteiger partial charge in [0.25, 0.3) is 0 Å². The van der Waals surface area contributed by atoms with E-state index in [4.69, 9.17) is 4.74 Å². The van der Waals surface area contributed by atoms with Crippen LogP contribution in [-0.2, 0) is 27.5 Å². The topological polar surface area (TPSA) is 61.9 Å². The van der Waals surface area contributed by atoms with Crippen LogP contribution in [0.5, 0.6) is 0 Å². The zero-order valence-corrected chi connectivity index (χ0v) is 17.4. The van der Waals surface area contributed by atoms with Gasteiger partial charge in [0, 0.05) is 45.2 Å². The zero-order valence-electron chi connectivity index (χ0n) is 17.4. The second-order valence-electron chi connectivity index (χ2n) is 8.41. The van der Waals surface area contributed by atoms with Crippen molar-refractivity contribution in [3.8, 4) is 0 Å². The molecule has 6 nitrogen and oxygen atoms in total. The molecule has 4 rings (SSSR count). The lowest BCUT2D eigenvalue weighted by atomic mass is 9.71. The highest BCUT2D eigenvalue weighted by Gasteiger charge is 2.57. The molecule has 30 heavy (non-hydrogen) atoms. The van der Waals surface area contributed by atoms with Crippen LogP contribution in [0.4, 0.5) is 0 Å². The summed E-state index contributed by atoms with van der Waals surface area (Å²) in [5.74, 6) is -0.0350. The molecule has 2 aliphatic heterocycles. The highest BCUT2D eigenvalue weighted by atomic mass is 16.5.